The highest BCUT2D eigenvalue weighted by Gasteiger charge is 2.44. The summed E-state index contributed by atoms with van der Waals surface area (Å²) >= 11 is 0. The number of hydrogen-bond acceptors (Lipinski definition) is 5. The van der Waals surface area contributed by atoms with E-state index in [0.29, 0.717) is 12.6 Å². The Hall–Kier alpha value is -2.25. The number of aryl methyl sites for hydroxylation is 1. The van der Waals surface area contributed by atoms with E-state index in [1.54, 1.807) is 24.2 Å². The van der Waals surface area contributed by atoms with Gasteiger partial charge >= 0.3 is 0 Å². The number of nitrogens with zero attached hydrogens (tertiary/aromatic N) is 5. The molecule has 2 aromatic rings. The lowest BCUT2D eigenvalue weighted by atomic mass is 9.87. The van der Waals surface area contributed by atoms with E-state index in [0.717, 1.165) is 38.0 Å². The molecule has 2 aromatic heterocycles. The van der Waals surface area contributed by atoms with Crippen LogP contribution in [0.4, 0.5) is 0 Å². The molecule has 2 fully saturated rings. The monoisotopic (exact) mass is 369 g/mol. The zero-order valence-electron chi connectivity index (χ0n) is 16.0. The highest BCUT2D eigenvalue weighted by Crippen LogP contribution is 2.39. The Balaban J connectivity index is 1.34. The normalized spacial score (nSPS) is 24.0. The maximum atomic E-state index is 12.5. The van der Waals surface area contributed by atoms with Gasteiger partial charge in [-0.1, -0.05) is 6.07 Å². The maximum Gasteiger partial charge on any atom is 0.244 e. The Morgan fingerprint density at radius 1 is 1.30 bits per heavy atom. The molecule has 4 heterocycles. The van der Waals surface area contributed by atoms with E-state index in [-0.39, 0.29) is 18.1 Å². The van der Waals surface area contributed by atoms with Gasteiger partial charge in [0.05, 0.1) is 18.3 Å². The number of aromatic nitrogens is 3. The number of pyridine rings is 1. The van der Waals surface area contributed by atoms with E-state index in [1.165, 1.54) is 5.56 Å². The second-order valence-electron chi connectivity index (χ2n) is 7.53. The number of likely N-dealkylation sites (tertiary alicyclic amines) is 2. The summed E-state index contributed by atoms with van der Waals surface area (Å²) < 4.78 is 7.38. The molecule has 2 aliphatic heterocycles. The fraction of sp³-hybridized carbons (Fsp3) is 0.550. The van der Waals surface area contributed by atoms with Crippen LogP contribution < -0.4 is 0 Å². The van der Waals surface area contributed by atoms with Gasteiger partial charge in [-0.15, -0.1) is 0 Å². The molecule has 2 atom stereocenters. The Labute approximate surface area is 159 Å². The van der Waals surface area contributed by atoms with E-state index in [2.05, 4.69) is 21.0 Å². The minimum atomic E-state index is 0.152. The fourth-order valence-corrected chi connectivity index (χ4v) is 4.27. The molecule has 2 aliphatic rings. The van der Waals surface area contributed by atoms with Gasteiger partial charge in [-0.3, -0.25) is 19.4 Å². The molecular formula is C20H27N5O2. The number of hydrogen-bond donors (Lipinski definition) is 0. The van der Waals surface area contributed by atoms with Crippen molar-refractivity contribution in [3.05, 3.63) is 48.0 Å². The van der Waals surface area contributed by atoms with Crippen molar-refractivity contribution >= 4 is 5.91 Å². The molecule has 0 bridgehead atoms. The molecule has 144 valence electrons. The lowest BCUT2D eigenvalue weighted by Crippen LogP contribution is -2.60. The summed E-state index contributed by atoms with van der Waals surface area (Å²) in [6.45, 7) is 4.86. The topological polar surface area (TPSA) is 63.5 Å². The van der Waals surface area contributed by atoms with E-state index in [4.69, 9.17) is 4.74 Å². The molecule has 2 saturated heterocycles. The average Bonchev–Trinajstić information content (AvgIpc) is 3.07. The quantitative estimate of drug-likeness (QED) is 0.802. The third kappa shape index (κ3) is 3.75. The van der Waals surface area contributed by atoms with Crippen LogP contribution in [-0.2, 0) is 16.1 Å². The van der Waals surface area contributed by atoms with Crippen molar-refractivity contribution < 1.29 is 9.53 Å². The lowest BCUT2D eigenvalue weighted by Gasteiger charge is -2.52. The Bertz CT molecular complexity index is 770. The van der Waals surface area contributed by atoms with Crippen LogP contribution >= 0.6 is 0 Å². The second-order valence-corrected chi connectivity index (χ2v) is 7.53. The van der Waals surface area contributed by atoms with Gasteiger partial charge in [-0.2, -0.15) is 5.10 Å². The van der Waals surface area contributed by atoms with E-state index in [1.807, 2.05) is 30.3 Å². The van der Waals surface area contributed by atoms with Gasteiger partial charge in [-0.25, -0.2) is 0 Å². The van der Waals surface area contributed by atoms with Crippen LogP contribution in [0.25, 0.3) is 0 Å². The third-order valence-corrected chi connectivity index (χ3v) is 5.77. The summed E-state index contributed by atoms with van der Waals surface area (Å²) in [4.78, 5) is 21.3. The highest BCUT2D eigenvalue weighted by molar-refractivity contribution is 5.76. The average molecular weight is 369 g/mol. The van der Waals surface area contributed by atoms with Gasteiger partial charge in [0.2, 0.25) is 5.91 Å². The van der Waals surface area contributed by atoms with Crippen molar-refractivity contribution in [3.8, 4) is 0 Å². The van der Waals surface area contributed by atoms with Crippen molar-refractivity contribution in [3.63, 3.8) is 0 Å². The third-order valence-electron chi connectivity index (χ3n) is 5.77. The van der Waals surface area contributed by atoms with Crippen LogP contribution in [0.1, 0.15) is 30.0 Å². The summed E-state index contributed by atoms with van der Waals surface area (Å²) in [6, 6.07) is 4.86. The molecule has 0 unspecified atom stereocenters. The smallest absolute Gasteiger partial charge is 0.244 e. The van der Waals surface area contributed by atoms with Crippen LogP contribution in [0.2, 0.25) is 0 Å². The number of amides is 1. The molecule has 0 spiro atoms. The highest BCUT2D eigenvalue weighted by atomic mass is 16.5. The summed E-state index contributed by atoms with van der Waals surface area (Å²) in [7, 11) is 1.78. The van der Waals surface area contributed by atoms with Crippen molar-refractivity contribution in [1.29, 1.82) is 0 Å². The Kier molecular flexibility index (Phi) is 5.22. The molecule has 7 nitrogen and oxygen atoms in total. The van der Waals surface area contributed by atoms with Crippen LogP contribution in [0.5, 0.6) is 0 Å². The van der Waals surface area contributed by atoms with Gasteiger partial charge in [0, 0.05) is 51.4 Å². The van der Waals surface area contributed by atoms with Crippen molar-refractivity contribution in [1.82, 2.24) is 24.6 Å². The first-order valence-corrected chi connectivity index (χ1v) is 9.61. The minimum Gasteiger partial charge on any atom is -0.378 e. The van der Waals surface area contributed by atoms with Gasteiger partial charge in [-0.05, 0) is 37.0 Å². The van der Waals surface area contributed by atoms with Crippen LogP contribution in [0, 0.1) is 6.92 Å². The van der Waals surface area contributed by atoms with E-state index in [9.17, 15) is 4.79 Å². The van der Waals surface area contributed by atoms with Crippen molar-refractivity contribution in [2.75, 3.05) is 26.7 Å². The first kappa shape index (κ1) is 18.1. The largest absolute Gasteiger partial charge is 0.378 e. The van der Waals surface area contributed by atoms with E-state index < -0.39 is 0 Å². The van der Waals surface area contributed by atoms with Gasteiger partial charge in [0.25, 0.3) is 0 Å². The summed E-state index contributed by atoms with van der Waals surface area (Å²) in [5.41, 5.74) is 2.29. The summed E-state index contributed by atoms with van der Waals surface area (Å²) in [5.74, 6) is 0.152. The molecule has 1 amide bonds. The molecular weight excluding hydrogens is 342 g/mol. The predicted octanol–water partition coefficient (Wildman–Crippen LogP) is 1.65. The van der Waals surface area contributed by atoms with Crippen LogP contribution in [-0.4, -0.2) is 69.4 Å². The number of piperidine rings is 1. The molecule has 0 saturated carbocycles. The predicted molar refractivity (Wildman–Crippen MR) is 101 cm³/mol. The molecule has 7 heteroatoms. The number of methoxy groups -OCH3 is 1. The first-order chi connectivity index (χ1) is 13.2. The zero-order chi connectivity index (χ0) is 18.8. The maximum absolute atomic E-state index is 12.5. The first-order valence-electron chi connectivity index (χ1n) is 9.61. The number of carbonyl (C=O) groups is 1. The van der Waals surface area contributed by atoms with E-state index >= 15 is 0 Å². The van der Waals surface area contributed by atoms with Crippen molar-refractivity contribution in [2.45, 2.75) is 44.5 Å². The SMILES string of the molecule is CO[C@H]1CN(C2CCN(C(=O)Cn3cc(C)cn3)CC2)[C@H]1c1cccnc1. The molecule has 4 rings (SSSR count). The number of ether oxygens (including phenoxy) is 1. The van der Waals surface area contributed by atoms with Crippen LogP contribution in [0.3, 0.4) is 0 Å². The standard InChI is InChI=1S/C20H27N5O2/c1-15-10-22-24(12-15)14-19(26)23-8-5-17(6-9-23)25-13-18(27-2)20(25)16-4-3-7-21-11-16/h3-4,7,10-12,17-18,20H,5-6,8-9,13-14H2,1-2H3/t18-,20-/m0/s1. The molecule has 0 aromatic carbocycles. The fourth-order valence-electron chi connectivity index (χ4n) is 4.27. The minimum absolute atomic E-state index is 0.152. The molecule has 0 radical (unpaired) electrons. The molecule has 27 heavy (non-hydrogen) atoms. The van der Waals surface area contributed by atoms with Crippen molar-refractivity contribution in [2.24, 2.45) is 0 Å². The zero-order valence-corrected chi connectivity index (χ0v) is 16.0. The molecule has 0 aliphatic carbocycles. The molecule has 0 N–H and O–H groups in total. The van der Waals surface area contributed by atoms with Gasteiger partial charge in [0.15, 0.2) is 0 Å². The van der Waals surface area contributed by atoms with Gasteiger partial charge < -0.3 is 9.64 Å². The Morgan fingerprint density at radius 2 is 2.11 bits per heavy atom. The lowest BCUT2D eigenvalue weighted by molar-refractivity contribution is -0.138. The number of carbonyl (C=O) groups excluding carboxylic acids is 1. The van der Waals surface area contributed by atoms with Crippen LogP contribution in [0.15, 0.2) is 36.9 Å². The van der Waals surface area contributed by atoms with Gasteiger partial charge in [0.1, 0.15) is 6.54 Å². The number of rotatable bonds is 5. The summed E-state index contributed by atoms with van der Waals surface area (Å²) in [6.07, 6.45) is 9.65. The summed E-state index contributed by atoms with van der Waals surface area (Å²) in [5, 5.41) is 4.22. The second kappa shape index (κ2) is 7.78. The Morgan fingerprint density at radius 3 is 2.74 bits per heavy atom.